The van der Waals surface area contributed by atoms with Crippen LogP contribution in [0.25, 0.3) is 0 Å². The summed E-state index contributed by atoms with van der Waals surface area (Å²) >= 11 is 4.73. The van der Waals surface area contributed by atoms with Crippen molar-refractivity contribution in [3.63, 3.8) is 0 Å². The Bertz CT molecular complexity index is 669. The first-order valence-electron chi connectivity index (χ1n) is 6.32. The summed E-state index contributed by atoms with van der Waals surface area (Å²) in [6.07, 6.45) is 0. The number of hydrogen-bond acceptors (Lipinski definition) is 3. The van der Waals surface area contributed by atoms with Gasteiger partial charge in [-0.15, -0.1) is 11.3 Å². The predicted molar refractivity (Wildman–Crippen MR) is 88.6 cm³/mol. The molecule has 1 heterocycles. The second kappa shape index (κ2) is 6.87. The highest BCUT2D eigenvalue weighted by molar-refractivity contribution is 9.10. The van der Waals surface area contributed by atoms with E-state index in [0.29, 0.717) is 11.4 Å². The summed E-state index contributed by atoms with van der Waals surface area (Å²) in [4.78, 5) is 25.7. The minimum atomic E-state index is -0.144. The van der Waals surface area contributed by atoms with Crippen LogP contribution in [-0.2, 0) is 11.3 Å². The van der Waals surface area contributed by atoms with Gasteiger partial charge in [0.25, 0.3) is 5.91 Å². The maximum absolute atomic E-state index is 12.1. The van der Waals surface area contributed by atoms with Crippen molar-refractivity contribution in [2.24, 2.45) is 0 Å². The third kappa shape index (κ3) is 4.15. The molecule has 2 amide bonds. The molecule has 0 aliphatic rings. The van der Waals surface area contributed by atoms with Crippen molar-refractivity contribution < 1.29 is 9.59 Å². The van der Waals surface area contributed by atoms with Crippen LogP contribution in [-0.4, -0.2) is 23.8 Å². The molecule has 6 heteroatoms. The number of hydrogen-bond donors (Lipinski definition) is 1. The predicted octanol–water partition coefficient (Wildman–Crippen LogP) is 3.74. The molecule has 0 radical (unpaired) electrons. The fraction of sp³-hybridized carbons (Fsp3) is 0.200. The normalized spacial score (nSPS) is 10.2. The third-order valence-corrected chi connectivity index (χ3v) is 4.80. The van der Waals surface area contributed by atoms with Crippen molar-refractivity contribution >= 4 is 44.8 Å². The molecule has 4 nitrogen and oxygen atoms in total. The summed E-state index contributed by atoms with van der Waals surface area (Å²) in [6.45, 7) is 2.04. The summed E-state index contributed by atoms with van der Waals surface area (Å²) < 4.78 is 0.789. The van der Waals surface area contributed by atoms with E-state index in [2.05, 4.69) is 21.2 Å². The lowest BCUT2D eigenvalue weighted by molar-refractivity contribution is -0.128. The van der Waals surface area contributed by atoms with Gasteiger partial charge in [0, 0.05) is 30.7 Å². The number of benzene rings is 1. The largest absolute Gasteiger partial charge is 0.342 e. The summed E-state index contributed by atoms with van der Waals surface area (Å²) in [5.74, 6) is -0.138. The number of anilines is 1. The minimum Gasteiger partial charge on any atom is -0.342 e. The molecule has 2 rings (SSSR count). The molecular formula is C15H15BrN2O2S. The van der Waals surface area contributed by atoms with Crippen LogP contribution in [0, 0.1) is 0 Å². The number of halogens is 1. The van der Waals surface area contributed by atoms with Gasteiger partial charge >= 0.3 is 0 Å². The van der Waals surface area contributed by atoms with E-state index in [1.165, 1.54) is 18.3 Å². The molecule has 0 saturated carbocycles. The van der Waals surface area contributed by atoms with Gasteiger partial charge in [0.05, 0.1) is 0 Å². The van der Waals surface area contributed by atoms with E-state index in [1.54, 1.807) is 11.9 Å². The van der Waals surface area contributed by atoms with E-state index >= 15 is 0 Å². The van der Waals surface area contributed by atoms with Crippen LogP contribution in [0.2, 0.25) is 0 Å². The number of carbonyl (C=O) groups excluding carboxylic acids is 2. The molecule has 0 spiro atoms. The quantitative estimate of drug-likeness (QED) is 0.895. The van der Waals surface area contributed by atoms with Gasteiger partial charge in [-0.1, -0.05) is 12.1 Å². The average Bonchev–Trinajstić information content (AvgIpc) is 2.85. The Morgan fingerprint density at radius 3 is 2.71 bits per heavy atom. The van der Waals surface area contributed by atoms with Gasteiger partial charge in [0.1, 0.15) is 4.88 Å². The van der Waals surface area contributed by atoms with E-state index in [-0.39, 0.29) is 11.8 Å². The molecule has 21 heavy (non-hydrogen) atoms. The number of rotatable bonds is 4. The van der Waals surface area contributed by atoms with Crippen molar-refractivity contribution in [1.29, 1.82) is 0 Å². The molecule has 0 aliphatic carbocycles. The van der Waals surface area contributed by atoms with Gasteiger partial charge in [-0.3, -0.25) is 9.59 Å². The van der Waals surface area contributed by atoms with E-state index in [4.69, 9.17) is 0 Å². The fourth-order valence-electron chi connectivity index (χ4n) is 1.78. The number of amides is 2. The van der Waals surface area contributed by atoms with Gasteiger partial charge in [-0.05, 0) is 45.1 Å². The SMILES string of the molecule is CC(=O)N(C)Cc1cccc(NC(=O)c2sccc2Br)c1. The van der Waals surface area contributed by atoms with Crippen LogP contribution in [0.5, 0.6) is 0 Å². The van der Waals surface area contributed by atoms with Crippen molar-refractivity contribution in [3.8, 4) is 0 Å². The first kappa shape index (κ1) is 15.7. The van der Waals surface area contributed by atoms with Crippen LogP contribution in [0.1, 0.15) is 22.2 Å². The maximum Gasteiger partial charge on any atom is 0.266 e. The van der Waals surface area contributed by atoms with E-state index in [9.17, 15) is 9.59 Å². The van der Waals surface area contributed by atoms with Crippen LogP contribution < -0.4 is 5.32 Å². The maximum atomic E-state index is 12.1. The smallest absolute Gasteiger partial charge is 0.266 e. The van der Waals surface area contributed by atoms with Crippen molar-refractivity contribution in [1.82, 2.24) is 4.90 Å². The summed E-state index contributed by atoms with van der Waals surface area (Å²) in [6, 6.07) is 9.34. The van der Waals surface area contributed by atoms with Gasteiger partial charge in [-0.25, -0.2) is 0 Å². The highest BCUT2D eigenvalue weighted by atomic mass is 79.9. The first-order valence-corrected chi connectivity index (χ1v) is 7.99. The lowest BCUT2D eigenvalue weighted by Crippen LogP contribution is -2.23. The Hall–Kier alpha value is -1.66. The number of nitrogens with one attached hydrogen (secondary N) is 1. The molecular weight excluding hydrogens is 352 g/mol. The Kier molecular flexibility index (Phi) is 5.14. The summed E-state index contributed by atoms with van der Waals surface area (Å²) in [5.41, 5.74) is 1.69. The van der Waals surface area contributed by atoms with E-state index in [0.717, 1.165) is 15.7 Å². The first-order chi connectivity index (χ1) is 9.97. The Labute approximate surface area is 135 Å². The average molecular weight is 367 g/mol. The van der Waals surface area contributed by atoms with Gasteiger partial charge in [0.15, 0.2) is 0 Å². The Balaban J connectivity index is 2.09. The second-order valence-electron chi connectivity index (χ2n) is 4.63. The zero-order chi connectivity index (χ0) is 15.4. The minimum absolute atomic E-state index is 0.00644. The number of thiophene rings is 1. The molecule has 0 unspecified atom stereocenters. The molecule has 0 bridgehead atoms. The van der Waals surface area contributed by atoms with Crippen molar-refractivity contribution in [3.05, 3.63) is 50.6 Å². The van der Waals surface area contributed by atoms with Crippen LogP contribution >= 0.6 is 27.3 Å². The number of nitrogens with zero attached hydrogens (tertiary/aromatic N) is 1. The summed E-state index contributed by atoms with van der Waals surface area (Å²) in [5, 5.41) is 4.72. The molecule has 0 saturated heterocycles. The zero-order valence-electron chi connectivity index (χ0n) is 11.7. The molecule has 1 aromatic carbocycles. The monoisotopic (exact) mass is 366 g/mol. The zero-order valence-corrected chi connectivity index (χ0v) is 14.1. The van der Waals surface area contributed by atoms with Crippen LogP contribution in [0.15, 0.2) is 40.2 Å². The van der Waals surface area contributed by atoms with Crippen LogP contribution in [0.4, 0.5) is 5.69 Å². The topological polar surface area (TPSA) is 49.4 Å². The Morgan fingerprint density at radius 1 is 1.33 bits per heavy atom. The Morgan fingerprint density at radius 2 is 2.10 bits per heavy atom. The molecule has 0 atom stereocenters. The number of carbonyl (C=O) groups is 2. The van der Waals surface area contributed by atoms with E-state index in [1.807, 2.05) is 35.7 Å². The summed E-state index contributed by atoms with van der Waals surface area (Å²) in [7, 11) is 1.75. The van der Waals surface area contributed by atoms with Gasteiger partial charge in [-0.2, -0.15) is 0 Å². The van der Waals surface area contributed by atoms with Crippen molar-refractivity contribution in [2.45, 2.75) is 13.5 Å². The highest BCUT2D eigenvalue weighted by Gasteiger charge is 2.12. The van der Waals surface area contributed by atoms with Gasteiger partial charge in [0.2, 0.25) is 5.91 Å². The van der Waals surface area contributed by atoms with E-state index < -0.39 is 0 Å². The molecule has 2 aromatic rings. The second-order valence-corrected chi connectivity index (χ2v) is 6.40. The fourth-order valence-corrected chi connectivity index (χ4v) is 3.22. The third-order valence-electron chi connectivity index (χ3n) is 2.97. The molecule has 110 valence electrons. The molecule has 1 N–H and O–H groups in total. The van der Waals surface area contributed by atoms with Gasteiger partial charge < -0.3 is 10.2 Å². The van der Waals surface area contributed by atoms with Crippen LogP contribution in [0.3, 0.4) is 0 Å². The molecule has 0 fully saturated rings. The standard InChI is InChI=1S/C15H15BrN2O2S/c1-10(19)18(2)9-11-4-3-5-12(8-11)17-15(20)14-13(16)6-7-21-14/h3-8H,9H2,1-2H3,(H,17,20). The molecule has 1 aromatic heterocycles. The van der Waals surface area contributed by atoms with Crippen molar-refractivity contribution in [2.75, 3.05) is 12.4 Å². The lowest BCUT2D eigenvalue weighted by atomic mass is 10.2. The molecule has 0 aliphatic heterocycles. The highest BCUT2D eigenvalue weighted by Crippen LogP contribution is 2.24. The lowest BCUT2D eigenvalue weighted by Gasteiger charge is -2.15.